The predicted molar refractivity (Wildman–Crippen MR) is 106 cm³/mol. The smallest absolute Gasteiger partial charge is 0.267 e. The SMILES string of the molecule is O=C(/C=C/c1ccc2c(c1F)CCC2NCCc1c[nH]c2ccccc12)NO. The minimum Gasteiger partial charge on any atom is -0.361 e. The summed E-state index contributed by atoms with van der Waals surface area (Å²) in [6.07, 6.45) is 6.95. The summed E-state index contributed by atoms with van der Waals surface area (Å²) < 4.78 is 14.7. The zero-order valence-corrected chi connectivity index (χ0v) is 15.3. The summed E-state index contributed by atoms with van der Waals surface area (Å²) in [6.45, 7) is 0.811. The van der Waals surface area contributed by atoms with Crippen LogP contribution in [0.2, 0.25) is 0 Å². The molecule has 2 aromatic carbocycles. The van der Waals surface area contributed by atoms with E-state index in [1.807, 2.05) is 18.2 Å². The number of carbonyl (C=O) groups is 1. The van der Waals surface area contributed by atoms with E-state index in [4.69, 9.17) is 5.21 Å². The molecule has 1 aliphatic carbocycles. The van der Waals surface area contributed by atoms with E-state index < -0.39 is 5.91 Å². The molecule has 0 radical (unpaired) electrons. The normalized spacial score (nSPS) is 16.0. The van der Waals surface area contributed by atoms with Crippen LogP contribution >= 0.6 is 0 Å². The number of amides is 1. The molecule has 4 rings (SSSR count). The predicted octanol–water partition coefficient (Wildman–Crippen LogP) is 3.65. The monoisotopic (exact) mass is 379 g/mol. The Morgan fingerprint density at radius 2 is 2.14 bits per heavy atom. The van der Waals surface area contributed by atoms with Crippen LogP contribution in [0, 0.1) is 5.82 Å². The Labute approximate surface area is 162 Å². The van der Waals surface area contributed by atoms with Gasteiger partial charge in [0.1, 0.15) is 5.82 Å². The first-order valence-electron chi connectivity index (χ1n) is 9.39. The molecule has 0 fully saturated rings. The van der Waals surface area contributed by atoms with Crippen LogP contribution in [0.25, 0.3) is 17.0 Å². The third-order valence-corrected chi connectivity index (χ3v) is 5.35. The van der Waals surface area contributed by atoms with Gasteiger partial charge in [0.05, 0.1) is 0 Å². The van der Waals surface area contributed by atoms with Crippen molar-refractivity contribution in [3.05, 3.63) is 76.7 Å². The molecule has 0 aliphatic heterocycles. The van der Waals surface area contributed by atoms with E-state index in [0.717, 1.165) is 36.5 Å². The molecule has 1 aromatic heterocycles. The molecule has 0 bridgehead atoms. The number of hydrogen-bond acceptors (Lipinski definition) is 3. The van der Waals surface area contributed by atoms with E-state index in [1.165, 1.54) is 22.5 Å². The highest BCUT2D eigenvalue weighted by atomic mass is 19.1. The summed E-state index contributed by atoms with van der Waals surface area (Å²) in [5, 5.41) is 13.3. The number of hydrogen-bond donors (Lipinski definition) is 4. The average molecular weight is 379 g/mol. The highest BCUT2D eigenvalue weighted by molar-refractivity contribution is 5.90. The molecule has 1 atom stereocenters. The van der Waals surface area contributed by atoms with Crippen molar-refractivity contribution >= 4 is 22.9 Å². The third kappa shape index (κ3) is 3.56. The first kappa shape index (κ1) is 18.4. The van der Waals surface area contributed by atoms with Crippen molar-refractivity contribution in [3.63, 3.8) is 0 Å². The van der Waals surface area contributed by atoms with Crippen LogP contribution in [0.3, 0.4) is 0 Å². The maximum atomic E-state index is 14.7. The largest absolute Gasteiger partial charge is 0.361 e. The average Bonchev–Trinajstić information content (AvgIpc) is 3.32. The topological polar surface area (TPSA) is 77.2 Å². The fourth-order valence-electron chi connectivity index (χ4n) is 3.94. The Morgan fingerprint density at radius 3 is 3.00 bits per heavy atom. The first-order chi connectivity index (χ1) is 13.7. The Bertz CT molecular complexity index is 1040. The molecule has 4 N–H and O–H groups in total. The number of para-hydroxylation sites is 1. The molecule has 0 saturated heterocycles. The number of nitrogens with one attached hydrogen (secondary N) is 3. The number of aromatic nitrogens is 1. The molecule has 144 valence electrons. The van der Waals surface area contributed by atoms with Gasteiger partial charge in [0.15, 0.2) is 0 Å². The van der Waals surface area contributed by atoms with E-state index in [2.05, 4.69) is 28.6 Å². The van der Waals surface area contributed by atoms with Gasteiger partial charge < -0.3 is 10.3 Å². The van der Waals surface area contributed by atoms with Crippen molar-refractivity contribution in [3.8, 4) is 0 Å². The Hall–Kier alpha value is -2.96. The van der Waals surface area contributed by atoms with Crippen molar-refractivity contribution in [1.29, 1.82) is 0 Å². The van der Waals surface area contributed by atoms with Crippen molar-refractivity contribution < 1.29 is 14.4 Å². The molecule has 28 heavy (non-hydrogen) atoms. The van der Waals surface area contributed by atoms with Crippen LogP contribution < -0.4 is 10.8 Å². The summed E-state index contributed by atoms with van der Waals surface area (Å²) in [5.74, 6) is -0.975. The third-order valence-electron chi connectivity index (χ3n) is 5.35. The maximum absolute atomic E-state index is 14.7. The molecule has 3 aromatic rings. The van der Waals surface area contributed by atoms with Gasteiger partial charge in [-0.15, -0.1) is 0 Å². The number of halogens is 1. The van der Waals surface area contributed by atoms with E-state index in [1.54, 1.807) is 6.07 Å². The Kier molecular flexibility index (Phi) is 5.23. The summed E-state index contributed by atoms with van der Waals surface area (Å²) in [6, 6.07) is 12.0. The van der Waals surface area contributed by atoms with Gasteiger partial charge in [-0.25, -0.2) is 9.87 Å². The molecular weight excluding hydrogens is 357 g/mol. The first-order valence-corrected chi connectivity index (χ1v) is 9.39. The quantitative estimate of drug-likeness (QED) is 0.300. The molecular formula is C22H22FN3O2. The van der Waals surface area contributed by atoms with Crippen molar-refractivity contribution in [2.45, 2.75) is 25.3 Å². The van der Waals surface area contributed by atoms with Gasteiger partial charge in [-0.05, 0) is 54.6 Å². The summed E-state index contributed by atoms with van der Waals surface area (Å²) >= 11 is 0. The van der Waals surface area contributed by atoms with Crippen LogP contribution in [-0.2, 0) is 17.6 Å². The lowest BCUT2D eigenvalue weighted by Crippen LogP contribution is -2.22. The summed E-state index contributed by atoms with van der Waals surface area (Å²) in [7, 11) is 0. The zero-order chi connectivity index (χ0) is 19.5. The molecule has 1 heterocycles. The number of fused-ring (bicyclic) bond motifs is 2. The summed E-state index contributed by atoms with van der Waals surface area (Å²) in [5.41, 5.74) is 5.95. The van der Waals surface area contributed by atoms with E-state index >= 15 is 0 Å². The van der Waals surface area contributed by atoms with Crippen LogP contribution in [0.1, 0.15) is 34.7 Å². The van der Waals surface area contributed by atoms with Gasteiger partial charge in [-0.1, -0.05) is 30.3 Å². The zero-order valence-electron chi connectivity index (χ0n) is 15.3. The molecule has 1 aliphatic rings. The Morgan fingerprint density at radius 1 is 1.29 bits per heavy atom. The lowest BCUT2D eigenvalue weighted by molar-refractivity contribution is -0.124. The number of rotatable bonds is 6. The molecule has 0 saturated carbocycles. The van der Waals surface area contributed by atoms with E-state index in [0.29, 0.717) is 17.5 Å². The van der Waals surface area contributed by atoms with Gasteiger partial charge in [-0.2, -0.15) is 0 Å². The van der Waals surface area contributed by atoms with E-state index in [9.17, 15) is 9.18 Å². The number of benzene rings is 2. The minimum atomic E-state index is -0.684. The highest BCUT2D eigenvalue weighted by Crippen LogP contribution is 2.34. The van der Waals surface area contributed by atoms with Gasteiger partial charge in [-0.3, -0.25) is 10.0 Å². The van der Waals surface area contributed by atoms with Crippen molar-refractivity contribution in [1.82, 2.24) is 15.8 Å². The van der Waals surface area contributed by atoms with Crippen LogP contribution in [0.5, 0.6) is 0 Å². The number of hydroxylamine groups is 1. The minimum absolute atomic E-state index is 0.133. The fourth-order valence-corrected chi connectivity index (χ4v) is 3.94. The van der Waals surface area contributed by atoms with Crippen LogP contribution in [-0.4, -0.2) is 22.6 Å². The lowest BCUT2D eigenvalue weighted by atomic mass is 10.0. The number of H-pyrrole nitrogens is 1. The molecule has 5 nitrogen and oxygen atoms in total. The van der Waals surface area contributed by atoms with Gasteiger partial charge in [0.2, 0.25) is 0 Å². The van der Waals surface area contributed by atoms with Crippen molar-refractivity contribution in [2.75, 3.05) is 6.54 Å². The Balaban J connectivity index is 1.43. The van der Waals surface area contributed by atoms with E-state index in [-0.39, 0.29) is 11.9 Å². The molecule has 1 unspecified atom stereocenters. The highest BCUT2D eigenvalue weighted by Gasteiger charge is 2.25. The second-order valence-corrected chi connectivity index (χ2v) is 7.00. The van der Waals surface area contributed by atoms with Crippen LogP contribution in [0.4, 0.5) is 4.39 Å². The number of aromatic amines is 1. The lowest BCUT2D eigenvalue weighted by Gasteiger charge is -2.14. The van der Waals surface area contributed by atoms with Crippen LogP contribution in [0.15, 0.2) is 48.7 Å². The fraction of sp³-hybridized carbons (Fsp3) is 0.227. The summed E-state index contributed by atoms with van der Waals surface area (Å²) in [4.78, 5) is 14.4. The number of carbonyl (C=O) groups excluding carboxylic acids is 1. The molecule has 0 spiro atoms. The van der Waals surface area contributed by atoms with Crippen molar-refractivity contribution in [2.24, 2.45) is 0 Å². The molecule has 6 heteroatoms. The van der Waals surface area contributed by atoms with Gasteiger partial charge in [0, 0.05) is 34.8 Å². The molecule has 1 amide bonds. The van der Waals surface area contributed by atoms with Gasteiger partial charge in [0.25, 0.3) is 5.91 Å². The second-order valence-electron chi connectivity index (χ2n) is 7.00. The standard InChI is InChI=1S/C22H22FN3O2/c23-22-14(6-10-21(27)26-28)5-7-17-18(22)8-9-20(17)24-12-11-15-13-25-19-4-2-1-3-16(15)19/h1-7,10,13,20,24-25,28H,8-9,11-12H2,(H,26,27)/b10-6+. The van der Waals surface area contributed by atoms with Gasteiger partial charge >= 0.3 is 0 Å². The second kappa shape index (κ2) is 7.96. The maximum Gasteiger partial charge on any atom is 0.267 e.